The Hall–Kier alpha value is -3.66. The summed E-state index contributed by atoms with van der Waals surface area (Å²) in [5.74, 6) is -0.00585. The van der Waals surface area contributed by atoms with Crippen LogP contribution in [0.4, 0.5) is 0 Å². The molecule has 0 N–H and O–H groups in total. The molecule has 2 aromatic carbocycles. The van der Waals surface area contributed by atoms with E-state index in [1.165, 1.54) is 7.11 Å². The van der Waals surface area contributed by atoms with Gasteiger partial charge < -0.3 is 9.47 Å². The second-order valence-corrected chi connectivity index (χ2v) is 6.98. The zero-order chi connectivity index (χ0) is 23.5. The minimum atomic E-state index is -0.446. The normalized spacial score (nSPS) is 10.6. The van der Waals surface area contributed by atoms with Crippen LogP contribution in [-0.4, -0.2) is 18.1 Å². The van der Waals surface area contributed by atoms with Gasteiger partial charge in [0.1, 0.15) is 12.4 Å². The van der Waals surface area contributed by atoms with Crippen LogP contribution in [0.15, 0.2) is 85.1 Å². The molecule has 0 atom stereocenters. The molecule has 0 bridgehead atoms. The number of nitrogens with zero attached hydrogens (tertiary/aromatic N) is 1. The Labute approximate surface area is 198 Å². The number of benzene rings is 2. The number of pyridine rings is 1. The van der Waals surface area contributed by atoms with Gasteiger partial charge in [0.2, 0.25) is 0 Å². The first-order chi connectivity index (χ1) is 15.5. The third-order valence-corrected chi connectivity index (χ3v) is 4.74. The van der Waals surface area contributed by atoms with E-state index in [0.717, 1.165) is 28.0 Å². The Kier molecular flexibility index (Phi) is 11.4. The van der Waals surface area contributed by atoms with Gasteiger partial charge in [-0.1, -0.05) is 94.1 Å². The summed E-state index contributed by atoms with van der Waals surface area (Å²) in [6.07, 6.45) is 1.74. The van der Waals surface area contributed by atoms with Gasteiger partial charge in [-0.3, -0.25) is 4.98 Å². The van der Waals surface area contributed by atoms with E-state index in [4.69, 9.17) is 9.47 Å². The van der Waals surface area contributed by atoms with E-state index in [1.54, 1.807) is 13.1 Å². The van der Waals surface area contributed by atoms with Crippen molar-refractivity contribution < 1.29 is 14.3 Å². The number of hydrogen-bond acceptors (Lipinski definition) is 4. The van der Waals surface area contributed by atoms with Gasteiger partial charge >= 0.3 is 5.97 Å². The first-order valence-corrected chi connectivity index (χ1v) is 10.7. The van der Waals surface area contributed by atoms with Crippen LogP contribution in [0, 0.1) is 0 Å². The van der Waals surface area contributed by atoms with Gasteiger partial charge in [-0.15, -0.1) is 0 Å². The van der Waals surface area contributed by atoms with E-state index in [2.05, 4.69) is 11.6 Å². The van der Waals surface area contributed by atoms with Crippen molar-refractivity contribution in [3.05, 3.63) is 102 Å². The number of aromatic nitrogens is 1. The van der Waals surface area contributed by atoms with Crippen molar-refractivity contribution >= 4 is 17.3 Å². The smallest absolute Gasteiger partial charge is 0.337 e. The lowest BCUT2D eigenvalue weighted by Crippen LogP contribution is -2.09. The molecule has 0 aliphatic heterocycles. The highest BCUT2D eigenvalue weighted by Crippen LogP contribution is 2.31. The standard InChI is InChI=1S/C26H25NO3.C2H6.CH4/c1-18(2)22-15-24(21-13-9-6-10-14-21)27-16-23(22)25(19(3)26(28)29-4)30-17-20-11-7-5-8-12-20;1-2;/h5-16H,1,17H2,2-4H3;1-2H3;1H4/b25-19-;;. The van der Waals surface area contributed by atoms with Gasteiger partial charge in [0.15, 0.2) is 0 Å². The fraction of sp³-hybridized carbons (Fsp3) is 0.241. The minimum absolute atomic E-state index is 0. The van der Waals surface area contributed by atoms with Gasteiger partial charge in [0.25, 0.3) is 0 Å². The highest BCUT2D eigenvalue weighted by atomic mass is 16.5. The molecule has 0 unspecified atom stereocenters. The maximum Gasteiger partial charge on any atom is 0.337 e. The third-order valence-electron chi connectivity index (χ3n) is 4.74. The Morgan fingerprint density at radius 2 is 1.52 bits per heavy atom. The first kappa shape index (κ1) is 27.4. The van der Waals surface area contributed by atoms with Crippen molar-refractivity contribution in [1.82, 2.24) is 4.98 Å². The summed E-state index contributed by atoms with van der Waals surface area (Å²) < 4.78 is 11.1. The van der Waals surface area contributed by atoms with E-state index in [-0.39, 0.29) is 7.43 Å². The molecular weight excluding hydrogens is 410 g/mol. The average Bonchev–Trinajstić information content (AvgIpc) is 2.85. The van der Waals surface area contributed by atoms with Gasteiger partial charge in [-0.2, -0.15) is 0 Å². The van der Waals surface area contributed by atoms with Gasteiger partial charge in [-0.25, -0.2) is 4.79 Å². The molecule has 4 nitrogen and oxygen atoms in total. The Bertz CT molecular complexity index is 1070. The molecule has 174 valence electrons. The molecule has 0 fully saturated rings. The first-order valence-electron chi connectivity index (χ1n) is 10.7. The van der Waals surface area contributed by atoms with Crippen molar-refractivity contribution in [2.45, 2.75) is 41.7 Å². The maximum atomic E-state index is 12.3. The molecule has 1 heterocycles. The molecule has 0 saturated carbocycles. The van der Waals surface area contributed by atoms with Crippen LogP contribution in [0.3, 0.4) is 0 Å². The average molecular weight is 446 g/mol. The number of ether oxygens (including phenoxy) is 2. The monoisotopic (exact) mass is 445 g/mol. The molecule has 3 aromatic rings. The quantitative estimate of drug-likeness (QED) is 0.214. The van der Waals surface area contributed by atoms with Crippen molar-refractivity contribution in [1.29, 1.82) is 0 Å². The number of carbonyl (C=O) groups is 1. The summed E-state index contributed by atoms with van der Waals surface area (Å²) in [4.78, 5) is 16.9. The minimum Gasteiger partial charge on any atom is -0.488 e. The summed E-state index contributed by atoms with van der Waals surface area (Å²) in [6.45, 7) is 12.1. The van der Waals surface area contributed by atoms with Crippen LogP contribution in [-0.2, 0) is 20.9 Å². The van der Waals surface area contributed by atoms with Crippen LogP contribution in [0.25, 0.3) is 22.6 Å². The fourth-order valence-electron chi connectivity index (χ4n) is 3.12. The zero-order valence-corrected chi connectivity index (χ0v) is 19.5. The summed E-state index contributed by atoms with van der Waals surface area (Å²) in [7, 11) is 1.36. The van der Waals surface area contributed by atoms with E-state index < -0.39 is 5.97 Å². The van der Waals surface area contributed by atoms with Gasteiger partial charge in [-0.05, 0) is 31.0 Å². The lowest BCUT2D eigenvalue weighted by atomic mass is 9.98. The Balaban J connectivity index is 0.00000177. The number of allylic oxidation sites excluding steroid dienone is 1. The molecule has 0 aliphatic carbocycles. The number of rotatable bonds is 7. The van der Waals surface area contributed by atoms with E-state index >= 15 is 0 Å². The lowest BCUT2D eigenvalue weighted by molar-refractivity contribution is -0.136. The molecule has 0 saturated heterocycles. The fourth-order valence-corrected chi connectivity index (χ4v) is 3.12. The third kappa shape index (κ3) is 7.18. The molecule has 1 aromatic heterocycles. The highest BCUT2D eigenvalue weighted by molar-refractivity contribution is 5.96. The van der Waals surface area contributed by atoms with Crippen molar-refractivity contribution in [2.24, 2.45) is 0 Å². The summed E-state index contributed by atoms with van der Waals surface area (Å²) in [5.41, 5.74) is 5.64. The summed E-state index contributed by atoms with van der Waals surface area (Å²) in [6, 6.07) is 21.7. The maximum absolute atomic E-state index is 12.3. The largest absolute Gasteiger partial charge is 0.488 e. The van der Waals surface area contributed by atoms with Crippen molar-refractivity contribution in [3.63, 3.8) is 0 Å². The topological polar surface area (TPSA) is 48.4 Å². The van der Waals surface area contributed by atoms with Crippen LogP contribution in [0.5, 0.6) is 0 Å². The van der Waals surface area contributed by atoms with E-state index in [0.29, 0.717) is 23.5 Å². The lowest BCUT2D eigenvalue weighted by Gasteiger charge is -2.18. The van der Waals surface area contributed by atoms with E-state index in [9.17, 15) is 4.79 Å². The van der Waals surface area contributed by atoms with Gasteiger partial charge in [0, 0.05) is 17.3 Å². The molecule has 4 heteroatoms. The predicted octanol–water partition coefficient (Wildman–Crippen LogP) is 7.56. The second-order valence-electron chi connectivity index (χ2n) is 6.98. The van der Waals surface area contributed by atoms with Gasteiger partial charge in [0.05, 0.1) is 18.4 Å². The number of esters is 1. The number of carbonyl (C=O) groups excluding carboxylic acids is 1. The van der Waals surface area contributed by atoms with Crippen molar-refractivity contribution in [3.8, 4) is 11.3 Å². The Morgan fingerprint density at radius 3 is 2.06 bits per heavy atom. The van der Waals surface area contributed by atoms with Crippen molar-refractivity contribution in [2.75, 3.05) is 7.11 Å². The zero-order valence-electron chi connectivity index (χ0n) is 19.5. The number of methoxy groups -OCH3 is 1. The van der Waals surface area contributed by atoms with Crippen LogP contribution in [0.1, 0.15) is 51.8 Å². The molecule has 0 radical (unpaired) electrons. The SMILES string of the molecule is C.C=C(C)c1cc(-c2ccccc2)ncc1/C(OCc1ccccc1)=C(\C)C(=O)OC.CC. The van der Waals surface area contributed by atoms with Crippen LogP contribution in [0.2, 0.25) is 0 Å². The molecule has 0 aliphatic rings. The van der Waals surface area contributed by atoms with Crippen LogP contribution < -0.4 is 0 Å². The Morgan fingerprint density at radius 1 is 0.939 bits per heavy atom. The second kappa shape index (κ2) is 13.7. The summed E-state index contributed by atoms with van der Waals surface area (Å²) >= 11 is 0. The van der Waals surface area contributed by atoms with Crippen LogP contribution >= 0.6 is 0 Å². The highest BCUT2D eigenvalue weighted by Gasteiger charge is 2.20. The van der Waals surface area contributed by atoms with E-state index in [1.807, 2.05) is 87.5 Å². The molecular formula is C29H35NO3. The molecule has 0 spiro atoms. The molecule has 3 rings (SSSR count). The molecule has 33 heavy (non-hydrogen) atoms. The molecule has 0 amide bonds. The summed E-state index contributed by atoms with van der Waals surface area (Å²) in [5, 5.41) is 0. The number of hydrogen-bond donors (Lipinski definition) is 0. The predicted molar refractivity (Wildman–Crippen MR) is 138 cm³/mol.